The number of hydrogen-bond acceptors (Lipinski definition) is 8. The summed E-state index contributed by atoms with van der Waals surface area (Å²) < 4.78 is 21.8. The molecule has 3 heterocycles. The van der Waals surface area contributed by atoms with Crippen molar-refractivity contribution in [2.45, 2.75) is 25.6 Å². The Balaban J connectivity index is 1.24. The highest BCUT2D eigenvalue weighted by Gasteiger charge is 2.25. The lowest BCUT2D eigenvalue weighted by molar-refractivity contribution is -0.00895. The molecule has 0 radical (unpaired) electrons. The lowest BCUT2D eigenvalue weighted by Crippen LogP contribution is -2.42. The first-order chi connectivity index (χ1) is 14.7. The van der Waals surface area contributed by atoms with Gasteiger partial charge in [-0.2, -0.15) is 4.98 Å². The molecule has 0 N–H and O–H groups in total. The van der Waals surface area contributed by atoms with E-state index in [1.165, 1.54) is 0 Å². The highest BCUT2D eigenvalue weighted by molar-refractivity contribution is 5.71. The van der Waals surface area contributed by atoms with Gasteiger partial charge in [0.05, 0.1) is 13.2 Å². The Labute approximate surface area is 173 Å². The van der Waals surface area contributed by atoms with Gasteiger partial charge in [-0.1, -0.05) is 17.3 Å². The maximum absolute atomic E-state index is 12.4. The zero-order valence-electron chi connectivity index (χ0n) is 16.6. The second-order valence-corrected chi connectivity index (χ2v) is 6.76. The molecule has 1 amide bonds. The number of benzene rings is 1. The molecule has 0 saturated carbocycles. The van der Waals surface area contributed by atoms with E-state index < -0.39 is 6.09 Å². The number of rotatable bonds is 6. The number of carbonyl (C=O) groups is 1. The minimum absolute atomic E-state index is 0.0107. The maximum Gasteiger partial charge on any atom is 0.415 e. The summed E-state index contributed by atoms with van der Waals surface area (Å²) in [4.78, 5) is 22.4. The molecule has 3 aromatic rings. The molecule has 30 heavy (non-hydrogen) atoms. The van der Waals surface area contributed by atoms with E-state index in [2.05, 4.69) is 15.1 Å². The number of aromatic nitrogens is 3. The van der Waals surface area contributed by atoms with E-state index in [4.69, 9.17) is 18.7 Å². The zero-order chi connectivity index (χ0) is 20.8. The maximum atomic E-state index is 12.4. The minimum Gasteiger partial charge on any atom is -0.493 e. The largest absolute Gasteiger partial charge is 0.493 e. The fourth-order valence-electron chi connectivity index (χ4n) is 3.19. The molecule has 1 aliphatic rings. The van der Waals surface area contributed by atoms with Gasteiger partial charge in [0.15, 0.2) is 11.5 Å². The van der Waals surface area contributed by atoms with Crippen LogP contribution in [0, 0.1) is 0 Å². The summed E-state index contributed by atoms with van der Waals surface area (Å²) in [5.41, 5.74) is 0.835. The highest BCUT2D eigenvalue weighted by atomic mass is 16.6. The van der Waals surface area contributed by atoms with Crippen molar-refractivity contribution < 1.29 is 23.5 Å². The van der Waals surface area contributed by atoms with Crippen LogP contribution in [0.4, 0.5) is 4.79 Å². The van der Waals surface area contributed by atoms with Crippen molar-refractivity contribution in [1.29, 1.82) is 0 Å². The van der Waals surface area contributed by atoms with Crippen LogP contribution in [0.1, 0.15) is 18.7 Å². The van der Waals surface area contributed by atoms with Crippen LogP contribution >= 0.6 is 0 Å². The van der Waals surface area contributed by atoms with Crippen molar-refractivity contribution in [1.82, 2.24) is 20.0 Å². The molecule has 0 atom stereocenters. The van der Waals surface area contributed by atoms with Gasteiger partial charge in [0.25, 0.3) is 5.89 Å². The van der Waals surface area contributed by atoms with Crippen molar-refractivity contribution in [3.8, 4) is 22.9 Å². The smallest absolute Gasteiger partial charge is 0.415 e. The van der Waals surface area contributed by atoms with Crippen LogP contribution in [0.2, 0.25) is 0 Å². The number of hydrogen-bond donors (Lipinski definition) is 0. The molecule has 0 unspecified atom stereocenters. The summed E-state index contributed by atoms with van der Waals surface area (Å²) in [5, 5.41) is 3.97. The summed E-state index contributed by atoms with van der Waals surface area (Å²) in [6.45, 7) is 1.32. The molecular weight excluding hydrogens is 388 g/mol. The topological polar surface area (TPSA) is 99.8 Å². The number of carbonyl (C=O) groups excluding carboxylic acids is 1. The lowest BCUT2D eigenvalue weighted by Gasteiger charge is -2.31. The number of pyridine rings is 1. The predicted octanol–water partition coefficient (Wildman–Crippen LogP) is 3.32. The highest BCUT2D eigenvalue weighted by Crippen LogP contribution is 2.27. The van der Waals surface area contributed by atoms with Gasteiger partial charge in [0, 0.05) is 31.0 Å². The first-order valence-corrected chi connectivity index (χ1v) is 9.67. The van der Waals surface area contributed by atoms with Gasteiger partial charge < -0.3 is 23.6 Å². The molecule has 0 aliphatic carbocycles. The molecule has 1 fully saturated rings. The van der Waals surface area contributed by atoms with Gasteiger partial charge in [-0.05, 0) is 37.1 Å². The van der Waals surface area contributed by atoms with Crippen LogP contribution in [-0.4, -0.2) is 52.4 Å². The van der Waals surface area contributed by atoms with Crippen LogP contribution in [0.25, 0.3) is 11.4 Å². The molecule has 1 aliphatic heterocycles. The second-order valence-electron chi connectivity index (χ2n) is 6.76. The van der Waals surface area contributed by atoms with Gasteiger partial charge in [-0.3, -0.25) is 4.98 Å². The minimum atomic E-state index is -0.392. The number of ether oxygens (including phenoxy) is 3. The van der Waals surface area contributed by atoms with Gasteiger partial charge in [0.1, 0.15) is 6.61 Å². The van der Waals surface area contributed by atoms with E-state index in [-0.39, 0.29) is 12.7 Å². The third kappa shape index (κ3) is 4.74. The molecule has 4 rings (SSSR count). The SMILES string of the molecule is COc1ccccc1OC(=O)N1CCC(OCc2nc(-c3ccncc3)no2)CC1. The molecule has 9 heteroatoms. The Kier molecular flexibility index (Phi) is 6.19. The van der Waals surface area contributed by atoms with Crippen molar-refractivity contribution in [3.63, 3.8) is 0 Å². The predicted molar refractivity (Wildman–Crippen MR) is 106 cm³/mol. The first kappa shape index (κ1) is 19.8. The van der Waals surface area contributed by atoms with E-state index in [0.717, 1.165) is 5.56 Å². The average Bonchev–Trinajstić information content (AvgIpc) is 3.28. The molecule has 0 spiro atoms. The quantitative estimate of drug-likeness (QED) is 0.610. The van der Waals surface area contributed by atoms with Crippen LogP contribution in [0.3, 0.4) is 0 Å². The molecule has 0 bridgehead atoms. The van der Waals surface area contributed by atoms with E-state index in [9.17, 15) is 4.79 Å². The molecular formula is C21H22N4O5. The summed E-state index contributed by atoms with van der Waals surface area (Å²) in [6, 6.07) is 10.7. The number of nitrogens with zero attached hydrogens (tertiary/aromatic N) is 4. The van der Waals surface area contributed by atoms with Gasteiger partial charge >= 0.3 is 6.09 Å². The summed E-state index contributed by atoms with van der Waals surface area (Å²) in [7, 11) is 1.54. The summed E-state index contributed by atoms with van der Waals surface area (Å²) in [5.74, 6) is 1.85. The number of methoxy groups -OCH3 is 1. The van der Waals surface area contributed by atoms with Crippen molar-refractivity contribution >= 4 is 6.09 Å². The van der Waals surface area contributed by atoms with Crippen molar-refractivity contribution in [2.75, 3.05) is 20.2 Å². The van der Waals surface area contributed by atoms with Crippen molar-refractivity contribution in [3.05, 3.63) is 54.7 Å². The van der Waals surface area contributed by atoms with Crippen LogP contribution in [-0.2, 0) is 11.3 Å². The van der Waals surface area contributed by atoms with Gasteiger partial charge in [-0.25, -0.2) is 4.79 Å². The molecule has 156 valence electrons. The Morgan fingerprint density at radius 3 is 2.60 bits per heavy atom. The first-order valence-electron chi connectivity index (χ1n) is 9.67. The Morgan fingerprint density at radius 2 is 1.87 bits per heavy atom. The average molecular weight is 410 g/mol. The normalized spacial score (nSPS) is 14.5. The third-order valence-electron chi connectivity index (χ3n) is 4.82. The number of para-hydroxylation sites is 2. The third-order valence-corrected chi connectivity index (χ3v) is 4.82. The number of piperidine rings is 1. The van der Waals surface area contributed by atoms with E-state index in [1.807, 2.05) is 18.2 Å². The van der Waals surface area contributed by atoms with Crippen LogP contribution in [0.5, 0.6) is 11.5 Å². The van der Waals surface area contributed by atoms with E-state index >= 15 is 0 Å². The summed E-state index contributed by atoms with van der Waals surface area (Å²) in [6.07, 6.45) is 4.37. The second kappa shape index (κ2) is 9.36. The molecule has 1 aromatic carbocycles. The van der Waals surface area contributed by atoms with Gasteiger partial charge in [-0.15, -0.1) is 0 Å². The molecule has 2 aromatic heterocycles. The number of amides is 1. The van der Waals surface area contributed by atoms with E-state index in [1.54, 1.807) is 42.6 Å². The molecule has 9 nitrogen and oxygen atoms in total. The van der Waals surface area contributed by atoms with Crippen molar-refractivity contribution in [2.24, 2.45) is 0 Å². The Hall–Kier alpha value is -3.46. The van der Waals surface area contributed by atoms with Crippen LogP contribution in [0.15, 0.2) is 53.3 Å². The zero-order valence-corrected chi connectivity index (χ0v) is 16.6. The summed E-state index contributed by atoms with van der Waals surface area (Å²) >= 11 is 0. The van der Waals surface area contributed by atoms with Crippen LogP contribution < -0.4 is 9.47 Å². The lowest BCUT2D eigenvalue weighted by atomic mass is 10.1. The number of likely N-dealkylation sites (tertiary alicyclic amines) is 1. The fourth-order valence-corrected chi connectivity index (χ4v) is 3.19. The molecule has 1 saturated heterocycles. The monoisotopic (exact) mass is 410 g/mol. The van der Waals surface area contributed by atoms with E-state index in [0.29, 0.717) is 49.1 Å². The standard InChI is InChI=1S/C21H22N4O5/c1-27-17-4-2-3-5-18(17)29-21(26)25-12-8-16(9-13-25)28-14-19-23-20(24-30-19)15-6-10-22-11-7-15/h2-7,10-11,16H,8-9,12-14H2,1H3. The Bertz CT molecular complexity index is 970. The van der Waals surface area contributed by atoms with Gasteiger partial charge in [0.2, 0.25) is 5.82 Å². The Morgan fingerprint density at radius 1 is 1.13 bits per heavy atom. The fraction of sp³-hybridized carbons (Fsp3) is 0.333.